The van der Waals surface area contributed by atoms with E-state index in [4.69, 9.17) is 4.74 Å². The van der Waals surface area contributed by atoms with Crippen LogP contribution in [0.3, 0.4) is 0 Å². The predicted molar refractivity (Wildman–Crippen MR) is 64.1 cm³/mol. The van der Waals surface area contributed by atoms with Gasteiger partial charge in [-0.05, 0) is 25.7 Å². The van der Waals surface area contributed by atoms with E-state index in [0.717, 1.165) is 38.8 Å². The van der Waals surface area contributed by atoms with Gasteiger partial charge < -0.3 is 9.64 Å². The van der Waals surface area contributed by atoms with Crippen LogP contribution < -0.4 is 5.32 Å². The Labute approximate surface area is 98.3 Å². The van der Waals surface area contributed by atoms with E-state index in [2.05, 4.69) is 19.2 Å². The number of hydrogen-bond donors (Lipinski definition) is 1. The number of nitrogens with one attached hydrogen (secondary N) is 1. The maximum atomic E-state index is 12.0. The number of methoxy groups -OCH3 is 1. The highest BCUT2D eigenvalue weighted by atomic mass is 16.5. The molecule has 2 unspecified atom stereocenters. The highest BCUT2D eigenvalue weighted by Crippen LogP contribution is 2.16. The zero-order valence-electron chi connectivity index (χ0n) is 10.7. The molecule has 2 atom stereocenters. The normalized spacial score (nSPS) is 25.4. The van der Waals surface area contributed by atoms with Crippen molar-refractivity contribution in [3.63, 3.8) is 0 Å². The van der Waals surface area contributed by atoms with Gasteiger partial charge in [0, 0.05) is 20.3 Å². The van der Waals surface area contributed by atoms with Crippen molar-refractivity contribution in [3.05, 3.63) is 0 Å². The third kappa shape index (κ3) is 3.19. The van der Waals surface area contributed by atoms with Gasteiger partial charge in [-0.3, -0.25) is 10.1 Å². The number of unbranched alkanes of at least 4 members (excludes halogenated alkanes) is 1. The van der Waals surface area contributed by atoms with E-state index in [0.29, 0.717) is 0 Å². The minimum atomic E-state index is 0.0346. The first-order chi connectivity index (χ1) is 7.74. The summed E-state index contributed by atoms with van der Waals surface area (Å²) in [6, 6.07) is 0.0346. The van der Waals surface area contributed by atoms with Crippen LogP contribution in [0.4, 0.5) is 0 Å². The van der Waals surface area contributed by atoms with Crippen molar-refractivity contribution in [1.29, 1.82) is 0 Å². The van der Waals surface area contributed by atoms with Crippen molar-refractivity contribution in [1.82, 2.24) is 10.2 Å². The summed E-state index contributed by atoms with van der Waals surface area (Å²) in [5, 5.41) is 3.38. The van der Waals surface area contributed by atoms with Crippen LogP contribution in [0.2, 0.25) is 0 Å². The van der Waals surface area contributed by atoms with Crippen LogP contribution in [0.1, 0.15) is 39.5 Å². The predicted octanol–water partition coefficient (Wildman–Crippen LogP) is 1.36. The van der Waals surface area contributed by atoms with Gasteiger partial charge in [0.05, 0.1) is 12.2 Å². The van der Waals surface area contributed by atoms with E-state index in [9.17, 15) is 4.79 Å². The van der Waals surface area contributed by atoms with Crippen molar-refractivity contribution in [2.75, 3.05) is 20.3 Å². The summed E-state index contributed by atoms with van der Waals surface area (Å²) in [6.45, 7) is 5.80. The van der Waals surface area contributed by atoms with Crippen molar-refractivity contribution < 1.29 is 9.53 Å². The molecule has 0 bridgehead atoms. The van der Waals surface area contributed by atoms with Crippen LogP contribution in [0, 0.1) is 0 Å². The van der Waals surface area contributed by atoms with Crippen LogP contribution in [0.5, 0.6) is 0 Å². The third-order valence-corrected chi connectivity index (χ3v) is 3.14. The Morgan fingerprint density at radius 2 is 2.06 bits per heavy atom. The van der Waals surface area contributed by atoms with Gasteiger partial charge in [0.15, 0.2) is 0 Å². The fraction of sp³-hybridized carbons (Fsp3) is 0.917. The largest absolute Gasteiger partial charge is 0.385 e. The molecule has 0 aromatic rings. The maximum absolute atomic E-state index is 12.0. The molecule has 0 saturated carbocycles. The highest BCUT2D eigenvalue weighted by Gasteiger charge is 2.35. The first-order valence-corrected chi connectivity index (χ1v) is 6.30. The first-order valence-electron chi connectivity index (χ1n) is 6.30. The van der Waals surface area contributed by atoms with Crippen molar-refractivity contribution >= 4 is 5.91 Å². The second-order valence-electron chi connectivity index (χ2n) is 4.28. The number of nitrogens with zero attached hydrogens (tertiary/aromatic N) is 1. The molecule has 1 aliphatic rings. The van der Waals surface area contributed by atoms with Gasteiger partial charge in [-0.15, -0.1) is 0 Å². The van der Waals surface area contributed by atoms with Gasteiger partial charge >= 0.3 is 0 Å². The molecule has 0 aromatic carbocycles. The Bertz CT molecular complexity index is 221. The lowest BCUT2D eigenvalue weighted by atomic mass is 10.2. The second-order valence-corrected chi connectivity index (χ2v) is 4.28. The molecule has 1 saturated heterocycles. The summed E-state index contributed by atoms with van der Waals surface area (Å²) in [4.78, 5) is 14.0. The zero-order valence-corrected chi connectivity index (χ0v) is 10.7. The Balaban J connectivity index is 2.39. The first kappa shape index (κ1) is 13.5. The van der Waals surface area contributed by atoms with Crippen molar-refractivity contribution in [2.24, 2.45) is 0 Å². The van der Waals surface area contributed by atoms with E-state index >= 15 is 0 Å². The monoisotopic (exact) mass is 228 g/mol. The number of ether oxygens (including phenoxy) is 1. The average molecular weight is 228 g/mol. The van der Waals surface area contributed by atoms with Gasteiger partial charge in [0.1, 0.15) is 0 Å². The zero-order chi connectivity index (χ0) is 12.0. The van der Waals surface area contributed by atoms with E-state index in [-0.39, 0.29) is 18.1 Å². The Kier molecular flexibility index (Phi) is 5.77. The average Bonchev–Trinajstić information content (AvgIpc) is 2.61. The smallest absolute Gasteiger partial charge is 0.241 e. The molecule has 16 heavy (non-hydrogen) atoms. The molecule has 1 aliphatic heterocycles. The summed E-state index contributed by atoms with van der Waals surface area (Å²) in [5.41, 5.74) is 0. The van der Waals surface area contributed by atoms with Crippen LogP contribution in [0.15, 0.2) is 0 Å². The SMILES string of the molecule is CCC1NC(CC)N(CCCCOC)C1=O. The summed E-state index contributed by atoms with van der Waals surface area (Å²) in [7, 11) is 1.71. The summed E-state index contributed by atoms with van der Waals surface area (Å²) >= 11 is 0. The lowest BCUT2D eigenvalue weighted by Gasteiger charge is -2.22. The summed E-state index contributed by atoms with van der Waals surface area (Å²) in [5.74, 6) is 0.270. The number of carbonyl (C=O) groups is 1. The van der Waals surface area contributed by atoms with Crippen molar-refractivity contribution in [3.8, 4) is 0 Å². The molecule has 1 amide bonds. The molecule has 0 radical (unpaired) electrons. The van der Waals surface area contributed by atoms with Gasteiger partial charge in [-0.2, -0.15) is 0 Å². The van der Waals surface area contributed by atoms with Gasteiger partial charge in [-0.1, -0.05) is 13.8 Å². The molecular weight excluding hydrogens is 204 g/mol. The fourth-order valence-electron chi connectivity index (χ4n) is 2.17. The van der Waals surface area contributed by atoms with E-state index in [1.54, 1.807) is 7.11 Å². The molecule has 94 valence electrons. The standard InChI is InChI=1S/C12H24N2O2/c1-4-10-12(15)14(11(5-2)13-10)8-6-7-9-16-3/h10-11,13H,4-9H2,1-3H3. The molecule has 4 nitrogen and oxygen atoms in total. The van der Waals surface area contributed by atoms with E-state index in [1.807, 2.05) is 4.90 Å². The Morgan fingerprint density at radius 3 is 2.62 bits per heavy atom. The number of amides is 1. The second kappa shape index (κ2) is 6.86. The molecule has 1 N–H and O–H groups in total. The minimum Gasteiger partial charge on any atom is -0.385 e. The molecule has 0 aliphatic carbocycles. The molecular formula is C12H24N2O2. The van der Waals surface area contributed by atoms with Gasteiger partial charge in [0.25, 0.3) is 0 Å². The molecule has 1 rings (SSSR count). The van der Waals surface area contributed by atoms with Crippen molar-refractivity contribution in [2.45, 2.75) is 51.7 Å². The fourth-order valence-corrected chi connectivity index (χ4v) is 2.17. The maximum Gasteiger partial charge on any atom is 0.241 e. The quantitative estimate of drug-likeness (QED) is 0.669. The topological polar surface area (TPSA) is 41.6 Å². The van der Waals surface area contributed by atoms with Gasteiger partial charge in [-0.25, -0.2) is 0 Å². The molecule has 1 heterocycles. The summed E-state index contributed by atoms with van der Waals surface area (Å²) < 4.78 is 5.01. The number of carbonyl (C=O) groups excluding carboxylic acids is 1. The molecule has 4 heteroatoms. The lowest BCUT2D eigenvalue weighted by Crippen LogP contribution is -2.37. The van der Waals surface area contributed by atoms with Crippen LogP contribution in [0.25, 0.3) is 0 Å². The lowest BCUT2D eigenvalue weighted by molar-refractivity contribution is -0.130. The molecule has 1 fully saturated rings. The van der Waals surface area contributed by atoms with Crippen LogP contribution in [-0.2, 0) is 9.53 Å². The van der Waals surface area contributed by atoms with Crippen LogP contribution >= 0.6 is 0 Å². The number of hydrogen-bond acceptors (Lipinski definition) is 3. The summed E-state index contributed by atoms with van der Waals surface area (Å²) in [6.07, 6.45) is 4.14. The number of rotatable bonds is 7. The minimum absolute atomic E-state index is 0.0346. The third-order valence-electron chi connectivity index (χ3n) is 3.14. The Morgan fingerprint density at radius 1 is 1.31 bits per heavy atom. The van der Waals surface area contributed by atoms with Gasteiger partial charge in [0.2, 0.25) is 5.91 Å². The van der Waals surface area contributed by atoms with E-state index in [1.165, 1.54) is 0 Å². The Hall–Kier alpha value is -0.610. The molecule has 0 spiro atoms. The van der Waals surface area contributed by atoms with Crippen LogP contribution in [-0.4, -0.2) is 43.3 Å². The van der Waals surface area contributed by atoms with E-state index < -0.39 is 0 Å². The highest BCUT2D eigenvalue weighted by molar-refractivity contribution is 5.84. The molecule has 0 aromatic heterocycles.